The van der Waals surface area contributed by atoms with Crippen LogP contribution in [0.15, 0.2) is 48.5 Å². The molecule has 0 amide bonds. The molecule has 1 heterocycles. The van der Waals surface area contributed by atoms with Crippen molar-refractivity contribution in [3.8, 4) is 5.75 Å². The van der Waals surface area contributed by atoms with Crippen LogP contribution in [-0.2, 0) is 11.3 Å². The van der Waals surface area contributed by atoms with Gasteiger partial charge in [0.1, 0.15) is 5.75 Å². The van der Waals surface area contributed by atoms with E-state index in [0.717, 1.165) is 44.0 Å². The third-order valence-corrected chi connectivity index (χ3v) is 5.34. The predicted octanol–water partition coefficient (Wildman–Crippen LogP) is 4.53. The molecule has 5 nitrogen and oxygen atoms in total. The van der Waals surface area contributed by atoms with E-state index < -0.39 is 0 Å². The lowest BCUT2D eigenvalue weighted by Gasteiger charge is -2.28. The molecule has 0 saturated carbocycles. The highest BCUT2D eigenvalue weighted by Crippen LogP contribution is 2.20. The summed E-state index contributed by atoms with van der Waals surface area (Å²) in [6, 6.07) is 16.5. The molecule has 1 fully saturated rings. The van der Waals surface area contributed by atoms with E-state index in [2.05, 4.69) is 53.5 Å². The van der Waals surface area contributed by atoms with Gasteiger partial charge in [0, 0.05) is 45.2 Å². The fraction of sp³-hybridized carbons (Fsp3) is 0.435. The summed E-state index contributed by atoms with van der Waals surface area (Å²) in [6.07, 6.45) is 2.44. The zero-order valence-corrected chi connectivity index (χ0v) is 18.4. The van der Waals surface area contributed by atoms with Gasteiger partial charge in [-0.05, 0) is 73.9 Å². The highest BCUT2D eigenvalue weighted by atomic mass is 32.1. The minimum Gasteiger partial charge on any atom is -0.494 e. The quantitative estimate of drug-likeness (QED) is 0.641. The van der Waals surface area contributed by atoms with Gasteiger partial charge in [0.05, 0.1) is 12.7 Å². The molecule has 1 aliphatic rings. The summed E-state index contributed by atoms with van der Waals surface area (Å²) >= 11 is 5.76. The van der Waals surface area contributed by atoms with Crippen molar-refractivity contribution in [1.82, 2.24) is 4.90 Å². The second-order valence-electron chi connectivity index (χ2n) is 7.46. The number of benzene rings is 2. The number of anilines is 2. The molecule has 0 spiro atoms. The molecule has 156 valence electrons. The first-order valence-electron chi connectivity index (χ1n) is 10.2. The lowest BCUT2D eigenvalue weighted by atomic mass is 10.1. The van der Waals surface area contributed by atoms with E-state index in [0.29, 0.717) is 11.7 Å². The molecule has 2 aromatic carbocycles. The monoisotopic (exact) mass is 413 g/mol. The van der Waals surface area contributed by atoms with Gasteiger partial charge in [-0.15, -0.1) is 0 Å². The van der Waals surface area contributed by atoms with E-state index in [1.807, 2.05) is 31.2 Å². The first-order valence-corrected chi connectivity index (χ1v) is 10.6. The summed E-state index contributed by atoms with van der Waals surface area (Å²) in [7, 11) is 4.10. The molecule has 2 aromatic rings. The number of thiocarbonyl (C=S) groups is 1. The number of ether oxygens (including phenoxy) is 2. The van der Waals surface area contributed by atoms with Gasteiger partial charge in [0.2, 0.25) is 0 Å². The van der Waals surface area contributed by atoms with E-state index >= 15 is 0 Å². The number of hydrogen-bond donors (Lipinski definition) is 1. The lowest BCUT2D eigenvalue weighted by Crippen LogP contribution is -2.39. The molecule has 3 rings (SSSR count). The Morgan fingerprint density at radius 2 is 1.86 bits per heavy atom. The molecule has 1 atom stereocenters. The van der Waals surface area contributed by atoms with Crippen molar-refractivity contribution < 1.29 is 9.47 Å². The van der Waals surface area contributed by atoms with E-state index in [1.165, 1.54) is 11.3 Å². The van der Waals surface area contributed by atoms with Crippen LogP contribution in [0, 0.1) is 0 Å². The summed E-state index contributed by atoms with van der Waals surface area (Å²) in [4.78, 5) is 4.30. The van der Waals surface area contributed by atoms with Gasteiger partial charge in [-0.25, -0.2) is 0 Å². The van der Waals surface area contributed by atoms with E-state index in [9.17, 15) is 0 Å². The molecular weight excluding hydrogens is 382 g/mol. The molecule has 0 radical (unpaired) electrons. The zero-order chi connectivity index (χ0) is 20.6. The van der Waals surface area contributed by atoms with Crippen molar-refractivity contribution in [3.05, 3.63) is 54.1 Å². The first kappa shape index (κ1) is 21.4. The second-order valence-corrected chi connectivity index (χ2v) is 7.85. The minimum atomic E-state index is 0.233. The van der Waals surface area contributed by atoms with Crippen LogP contribution in [0.3, 0.4) is 0 Å². The van der Waals surface area contributed by atoms with Gasteiger partial charge in [-0.2, -0.15) is 0 Å². The molecule has 1 saturated heterocycles. The van der Waals surface area contributed by atoms with Crippen molar-refractivity contribution in [2.75, 3.05) is 44.1 Å². The minimum absolute atomic E-state index is 0.233. The Balaban J connectivity index is 1.68. The lowest BCUT2D eigenvalue weighted by molar-refractivity contribution is 0.0905. The average Bonchev–Trinajstić information content (AvgIpc) is 3.23. The van der Waals surface area contributed by atoms with Crippen molar-refractivity contribution in [3.63, 3.8) is 0 Å². The van der Waals surface area contributed by atoms with E-state index in [4.69, 9.17) is 21.7 Å². The molecule has 29 heavy (non-hydrogen) atoms. The summed E-state index contributed by atoms with van der Waals surface area (Å²) in [5.41, 5.74) is 3.37. The number of nitrogens with one attached hydrogen (secondary N) is 1. The zero-order valence-electron chi connectivity index (χ0n) is 17.6. The maximum Gasteiger partial charge on any atom is 0.173 e. The van der Waals surface area contributed by atoms with Crippen LogP contribution in [0.2, 0.25) is 0 Å². The van der Waals surface area contributed by atoms with E-state index in [1.54, 1.807) is 0 Å². The van der Waals surface area contributed by atoms with Crippen LogP contribution in [0.5, 0.6) is 5.75 Å². The maximum absolute atomic E-state index is 5.86. The standard InChI is InChI=1S/C23H31N3O2S/c1-4-27-21-13-9-19(10-14-21)24-23(29)26(17-22-6-5-15-28-22)16-18-7-11-20(12-8-18)25(2)3/h7-14,22H,4-6,15-17H2,1-3H3,(H,24,29). The fourth-order valence-corrected chi connectivity index (χ4v) is 3.63. The van der Waals surface area contributed by atoms with Crippen LogP contribution in [0.25, 0.3) is 0 Å². The summed E-state index contributed by atoms with van der Waals surface area (Å²) in [6.45, 7) is 5.02. The van der Waals surface area contributed by atoms with Crippen LogP contribution >= 0.6 is 12.2 Å². The Labute approximate surface area is 179 Å². The summed E-state index contributed by atoms with van der Waals surface area (Å²) in [5.74, 6) is 0.862. The Morgan fingerprint density at radius 3 is 2.45 bits per heavy atom. The first-order chi connectivity index (χ1) is 14.0. The summed E-state index contributed by atoms with van der Waals surface area (Å²) < 4.78 is 11.4. The molecule has 1 unspecified atom stereocenters. The van der Waals surface area contributed by atoms with Crippen molar-refractivity contribution in [2.45, 2.75) is 32.4 Å². The third-order valence-electron chi connectivity index (χ3n) is 4.98. The van der Waals surface area contributed by atoms with Crippen LogP contribution < -0.4 is 15.0 Å². The molecule has 1 aliphatic heterocycles. The van der Waals surface area contributed by atoms with Crippen LogP contribution in [0.1, 0.15) is 25.3 Å². The Bertz CT molecular complexity index is 772. The van der Waals surface area contributed by atoms with Gasteiger partial charge in [-0.1, -0.05) is 12.1 Å². The molecule has 6 heteroatoms. The normalized spacial score (nSPS) is 15.8. The second kappa shape index (κ2) is 10.5. The predicted molar refractivity (Wildman–Crippen MR) is 124 cm³/mol. The number of hydrogen-bond acceptors (Lipinski definition) is 4. The fourth-order valence-electron chi connectivity index (χ4n) is 3.38. The highest BCUT2D eigenvalue weighted by Gasteiger charge is 2.21. The SMILES string of the molecule is CCOc1ccc(NC(=S)N(Cc2ccc(N(C)C)cc2)CC2CCCO2)cc1. The molecular formula is C23H31N3O2S. The molecule has 0 aromatic heterocycles. The number of rotatable bonds is 8. The van der Waals surface area contributed by atoms with Crippen molar-refractivity contribution >= 4 is 28.7 Å². The average molecular weight is 414 g/mol. The smallest absolute Gasteiger partial charge is 0.173 e. The van der Waals surface area contributed by atoms with E-state index in [-0.39, 0.29) is 6.10 Å². The Kier molecular flexibility index (Phi) is 7.72. The topological polar surface area (TPSA) is 37.0 Å². The van der Waals surface area contributed by atoms with Gasteiger partial charge < -0.3 is 24.6 Å². The Hall–Kier alpha value is -2.31. The van der Waals surface area contributed by atoms with Crippen LogP contribution in [-0.4, -0.2) is 50.0 Å². The Morgan fingerprint density at radius 1 is 1.14 bits per heavy atom. The van der Waals surface area contributed by atoms with Gasteiger partial charge >= 0.3 is 0 Å². The molecule has 1 N–H and O–H groups in total. The third kappa shape index (κ3) is 6.34. The molecule has 0 bridgehead atoms. The van der Waals surface area contributed by atoms with Crippen molar-refractivity contribution in [1.29, 1.82) is 0 Å². The van der Waals surface area contributed by atoms with Crippen molar-refractivity contribution in [2.24, 2.45) is 0 Å². The number of nitrogens with zero attached hydrogens (tertiary/aromatic N) is 2. The molecule has 0 aliphatic carbocycles. The van der Waals surface area contributed by atoms with Gasteiger partial charge in [-0.3, -0.25) is 0 Å². The maximum atomic E-state index is 5.86. The van der Waals surface area contributed by atoms with Gasteiger partial charge in [0.25, 0.3) is 0 Å². The summed E-state index contributed by atoms with van der Waals surface area (Å²) in [5, 5.41) is 4.08. The highest BCUT2D eigenvalue weighted by molar-refractivity contribution is 7.80. The van der Waals surface area contributed by atoms with Crippen LogP contribution in [0.4, 0.5) is 11.4 Å². The largest absolute Gasteiger partial charge is 0.494 e. The van der Waals surface area contributed by atoms with Gasteiger partial charge in [0.15, 0.2) is 5.11 Å².